The Labute approximate surface area is 221 Å². The van der Waals surface area contributed by atoms with Crippen molar-refractivity contribution >= 4 is 60.5 Å². The lowest BCUT2D eigenvalue weighted by atomic mass is 9.83. The van der Waals surface area contributed by atoms with Gasteiger partial charge in [-0.2, -0.15) is 0 Å². The van der Waals surface area contributed by atoms with Crippen LogP contribution in [-0.2, 0) is 9.57 Å². The zero-order valence-corrected chi connectivity index (χ0v) is 21.6. The van der Waals surface area contributed by atoms with Gasteiger partial charge in [-0.1, -0.05) is 18.2 Å². The van der Waals surface area contributed by atoms with Crippen LogP contribution in [0.4, 0.5) is 11.4 Å². The van der Waals surface area contributed by atoms with E-state index in [1.165, 1.54) is 9.58 Å². The molecule has 0 amide bonds. The molecule has 0 saturated carbocycles. The molecule has 37 heavy (non-hydrogen) atoms. The fourth-order valence-corrected chi connectivity index (χ4v) is 7.48. The van der Waals surface area contributed by atoms with Crippen LogP contribution in [0.1, 0.15) is 34.0 Å². The summed E-state index contributed by atoms with van der Waals surface area (Å²) in [6.45, 7) is 1.87. The highest BCUT2D eigenvalue weighted by atomic mass is 32.1. The lowest BCUT2D eigenvalue weighted by molar-refractivity contribution is -0.159. The highest BCUT2D eigenvalue weighted by Crippen LogP contribution is 2.50. The number of hydrogen-bond acceptors (Lipinski definition) is 9. The Bertz CT molecular complexity index is 1590. The van der Waals surface area contributed by atoms with Gasteiger partial charge in [-0.3, -0.25) is 0 Å². The predicted molar refractivity (Wildman–Crippen MR) is 147 cm³/mol. The number of carbonyl (C=O) groups is 1. The molecule has 2 unspecified atom stereocenters. The van der Waals surface area contributed by atoms with Crippen molar-refractivity contribution in [1.82, 2.24) is 15.0 Å². The first-order valence-electron chi connectivity index (χ1n) is 12.3. The molecule has 3 aromatic heterocycles. The van der Waals surface area contributed by atoms with Crippen LogP contribution in [0.5, 0.6) is 0 Å². The van der Waals surface area contributed by atoms with Gasteiger partial charge in [0, 0.05) is 41.2 Å². The number of carbonyl (C=O) groups excluding carboxylic acids is 1. The number of thiophene rings is 1. The Balaban J connectivity index is 1.19. The summed E-state index contributed by atoms with van der Waals surface area (Å²) in [4.78, 5) is 30.2. The second-order valence-corrected chi connectivity index (χ2v) is 11.4. The number of ether oxygens (including phenoxy) is 1. The van der Waals surface area contributed by atoms with Crippen molar-refractivity contribution in [2.24, 2.45) is 0 Å². The molecule has 9 heteroatoms. The molecule has 1 spiro atoms. The minimum atomic E-state index is -0.367. The summed E-state index contributed by atoms with van der Waals surface area (Å²) >= 11 is 3.36. The minimum Gasteiger partial charge on any atom is -0.379 e. The number of hydroxylamine groups is 2. The molecule has 2 aliphatic rings. The summed E-state index contributed by atoms with van der Waals surface area (Å²) in [7, 11) is 0. The van der Waals surface area contributed by atoms with E-state index in [9.17, 15) is 4.79 Å². The lowest BCUT2D eigenvalue weighted by Crippen LogP contribution is -2.48. The SMILES string of the molecule is O=C(ON1CCC(c2cc3c(Nc4ccc5scnc5c4)ccnc3s2)C12CCOC2)c1ccccc1. The van der Waals surface area contributed by atoms with E-state index in [0.29, 0.717) is 25.3 Å². The van der Waals surface area contributed by atoms with Crippen LogP contribution >= 0.6 is 22.7 Å². The number of thiazole rings is 1. The fourth-order valence-electron chi connectivity index (χ4n) is 5.55. The number of benzene rings is 2. The number of nitrogens with one attached hydrogen (secondary N) is 1. The molecule has 7 nitrogen and oxygen atoms in total. The summed E-state index contributed by atoms with van der Waals surface area (Å²) in [6.07, 6.45) is 3.56. The first-order chi connectivity index (χ1) is 18.2. The molecular weight excluding hydrogens is 504 g/mol. The quantitative estimate of drug-likeness (QED) is 0.284. The molecule has 186 valence electrons. The first kappa shape index (κ1) is 22.8. The number of fused-ring (bicyclic) bond motifs is 2. The third-order valence-corrected chi connectivity index (χ3v) is 9.37. The van der Waals surface area contributed by atoms with Gasteiger partial charge in [0.25, 0.3) is 0 Å². The van der Waals surface area contributed by atoms with E-state index in [1.54, 1.807) is 34.8 Å². The molecule has 0 bridgehead atoms. The molecule has 2 saturated heterocycles. The zero-order valence-electron chi connectivity index (χ0n) is 19.9. The maximum atomic E-state index is 12.9. The molecule has 1 N–H and O–H groups in total. The van der Waals surface area contributed by atoms with Crippen LogP contribution in [0.2, 0.25) is 0 Å². The van der Waals surface area contributed by atoms with Crippen molar-refractivity contribution in [3.63, 3.8) is 0 Å². The Morgan fingerprint density at radius 1 is 1.14 bits per heavy atom. The van der Waals surface area contributed by atoms with E-state index in [0.717, 1.165) is 39.9 Å². The van der Waals surface area contributed by atoms with Crippen molar-refractivity contribution in [1.29, 1.82) is 0 Å². The number of nitrogens with zero attached hydrogens (tertiary/aromatic N) is 3. The number of pyridine rings is 1. The minimum absolute atomic E-state index is 0.192. The fraction of sp³-hybridized carbons (Fsp3) is 0.250. The van der Waals surface area contributed by atoms with Gasteiger partial charge >= 0.3 is 5.97 Å². The maximum absolute atomic E-state index is 12.9. The van der Waals surface area contributed by atoms with Gasteiger partial charge in [-0.25, -0.2) is 14.8 Å². The number of rotatable bonds is 5. The largest absolute Gasteiger partial charge is 0.379 e. The highest BCUT2D eigenvalue weighted by Gasteiger charge is 2.54. The second kappa shape index (κ2) is 9.18. The molecule has 0 aliphatic carbocycles. The molecule has 7 rings (SSSR count). The number of anilines is 2. The van der Waals surface area contributed by atoms with Crippen LogP contribution in [-0.4, -0.2) is 46.3 Å². The van der Waals surface area contributed by atoms with E-state index < -0.39 is 0 Å². The molecule has 2 aromatic carbocycles. The van der Waals surface area contributed by atoms with Crippen molar-refractivity contribution in [3.05, 3.63) is 82.8 Å². The van der Waals surface area contributed by atoms with Gasteiger partial charge in [-0.15, -0.1) is 27.7 Å². The standard InChI is InChI=1S/C28H24N4O3S2/c33-27(18-4-2-1-3-5-18)35-32-12-9-21(28(32)10-13-34-16-28)25-15-20-22(8-11-29-26(20)37-25)31-19-6-7-24-23(14-19)30-17-36-24/h1-8,11,14-15,17,21H,9-10,12-13,16H2,(H,29,31). The molecule has 2 aliphatic heterocycles. The number of aromatic nitrogens is 2. The third kappa shape index (κ3) is 3.99. The van der Waals surface area contributed by atoms with Crippen molar-refractivity contribution < 1.29 is 14.4 Å². The maximum Gasteiger partial charge on any atom is 0.357 e. The average molecular weight is 529 g/mol. The number of hydrogen-bond donors (Lipinski definition) is 1. The van der Waals surface area contributed by atoms with Crippen molar-refractivity contribution in [2.45, 2.75) is 24.3 Å². The van der Waals surface area contributed by atoms with Crippen molar-refractivity contribution in [3.8, 4) is 0 Å². The molecule has 0 radical (unpaired) electrons. The van der Waals surface area contributed by atoms with Crippen molar-refractivity contribution in [2.75, 3.05) is 25.1 Å². The normalized spacial score (nSPS) is 21.8. The van der Waals surface area contributed by atoms with Crippen LogP contribution in [0.15, 0.2) is 72.4 Å². The lowest BCUT2D eigenvalue weighted by Gasteiger charge is -2.35. The van der Waals surface area contributed by atoms with Gasteiger partial charge in [0.2, 0.25) is 0 Å². The zero-order chi connectivity index (χ0) is 24.8. The molecular formula is C28H24N4O3S2. The smallest absolute Gasteiger partial charge is 0.357 e. The van der Waals surface area contributed by atoms with Crippen LogP contribution < -0.4 is 5.32 Å². The van der Waals surface area contributed by atoms with Crippen LogP contribution in [0, 0.1) is 0 Å². The van der Waals surface area contributed by atoms with E-state index in [4.69, 9.17) is 9.57 Å². The molecule has 5 aromatic rings. The Hall–Kier alpha value is -3.37. The summed E-state index contributed by atoms with van der Waals surface area (Å²) in [6, 6.07) is 19.7. The van der Waals surface area contributed by atoms with E-state index in [1.807, 2.05) is 41.0 Å². The van der Waals surface area contributed by atoms with Gasteiger partial charge in [-0.05, 0) is 55.3 Å². The average Bonchev–Trinajstić information content (AvgIpc) is 3.73. The summed E-state index contributed by atoms with van der Waals surface area (Å²) in [5.41, 5.74) is 5.06. The summed E-state index contributed by atoms with van der Waals surface area (Å²) in [5.74, 6) is -0.133. The van der Waals surface area contributed by atoms with Gasteiger partial charge in [0.15, 0.2) is 0 Å². The van der Waals surface area contributed by atoms with Crippen LogP contribution in [0.3, 0.4) is 0 Å². The third-order valence-electron chi connectivity index (χ3n) is 7.41. The topological polar surface area (TPSA) is 76.6 Å². The van der Waals surface area contributed by atoms with E-state index >= 15 is 0 Å². The Morgan fingerprint density at radius 3 is 2.92 bits per heavy atom. The molecule has 2 fully saturated rings. The molecule has 5 heterocycles. The van der Waals surface area contributed by atoms with E-state index in [2.05, 4.69) is 39.6 Å². The van der Waals surface area contributed by atoms with Gasteiger partial charge < -0.3 is 14.9 Å². The molecule has 2 atom stereocenters. The first-order valence-corrected chi connectivity index (χ1v) is 14.0. The Kier molecular flexibility index (Phi) is 5.66. The Morgan fingerprint density at radius 2 is 2.05 bits per heavy atom. The monoisotopic (exact) mass is 528 g/mol. The second-order valence-electron chi connectivity index (χ2n) is 9.48. The summed E-state index contributed by atoms with van der Waals surface area (Å²) < 4.78 is 7.07. The van der Waals surface area contributed by atoms with Crippen LogP contribution in [0.25, 0.3) is 20.4 Å². The van der Waals surface area contributed by atoms with Gasteiger partial charge in [0.1, 0.15) is 4.83 Å². The predicted octanol–water partition coefficient (Wildman–Crippen LogP) is 6.37. The van der Waals surface area contributed by atoms with E-state index in [-0.39, 0.29) is 17.4 Å². The summed E-state index contributed by atoms with van der Waals surface area (Å²) in [5, 5.41) is 6.55. The highest BCUT2D eigenvalue weighted by molar-refractivity contribution is 7.18. The van der Waals surface area contributed by atoms with Gasteiger partial charge in [0.05, 0.1) is 39.1 Å².